The lowest BCUT2D eigenvalue weighted by Gasteiger charge is -2.35. The number of rotatable bonds is 8. The van der Waals surface area contributed by atoms with Gasteiger partial charge in [-0.2, -0.15) is 0 Å². The highest BCUT2D eigenvalue weighted by Crippen LogP contribution is 2.34. The topological polar surface area (TPSA) is 148 Å². The summed E-state index contributed by atoms with van der Waals surface area (Å²) in [6.45, 7) is 5.79. The zero-order valence-corrected chi connectivity index (χ0v) is 24.8. The number of aromatic nitrogens is 1. The number of hydrogen-bond donors (Lipinski definition) is 3. The summed E-state index contributed by atoms with van der Waals surface area (Å²) in [5, 5.41) is 2.79. The van der Waals surface area contributed by atoms with Gasteiger partial charge in [0.25, 0.3) is 0 Å². The molecule has 41 heavy (non-hydrogen) atoms. The summed E-state index contributed by atoms with van der Waals surface area (Å²) in [5.41, 5.74) is 5.88. The summed E-state index contributed by atoms with van der Waals surface area (Å²) in [4.78, 5) is 54.3. The number of hydrogen-bond acceptors (Lipinski definition) is 6. The van der Waals surface area contributed by atoms with E-state index in [2.05, 4.69) is 26.2 Å². The Bertz CT molecular complexity index is 1470. The molecule has 0 radical (unpaired) electrons. The molecule has 0 bridgehead atoms. The first-order chi connectivity index (χ1) is 19.3. The van der Waals surface area contributed by atoms with Crippen molar-refractivity contribution in [1.82, 2.24) is 10.3 Å². The van der Waals surface area contributed by atoms with Crippen molar-refractivity contribution in [3.05, 3.63) is 62.8 Å². The van der Waals surface area contributed by atoms with Crippen LogP contribution in [0, 0.1) is 17.7 Å². The third kappa shape index (κ3) is 7.75. The molecule has 4 N–H and O–H groups in total. The van der Waals surface area contributed by atoms with Crippen LogP contribution in [-0.2, 0) is 20.7 Å². The van der Waals surface area contributed by atoms with Gasteiger partial charge in [0.15, 0.2) is 11.4 Å². The minimum Gasteiger partial charge on any atom is -0.444 e. The molecule has 0 spiro atoms. The third-order valence-electron chi connectivity index (χ3n) is 7.09. The van der Waals surface area contributed by atoms with E-state index in [-0.39, 0.29) is 35.0 Å². The molecule has 0 unspecified atom stereocenters. The molecule has 1 heterocycles. The zero-order chi connectivity index (χ0) is 29.9. The zero-order valence-electron chi connectivity index (χ0n) is 23.2. The molecule has 1 aromatic heterocycles. The molecule has 4 rings (SSSR count). The van der Waals surface area contributed by atoms with Crippen LogP contribution >= 0.6 is 15.9 Å². The molecule has 1 aliphatic rings. The molecule has 0 saturated heterocycles. The van der Waals surface area contributed by atoms with E-state index in [1.807, 2.05) is 24.3 Å². The van der Waals surface area contributed by atoms with Gasteiger partial charge in [-0.15, -0.1) is 0 Å². The van der Waals surface area contributed by atoms with Crippen molar-refractivity contribution >= 4 is 50.6 Å². The van der Waals surface area contributed by atoms with Crippen LogP contribution in [0.1, 0.15) is 52.0 Å². The van der Waals surface area contributed by atoms with Crippen molar-refractivity contribution < 1.29 is 27.9 Å². The molecule has 12 heteroatoms. The van der Waals surface area contributed by atoms with Crippen molar-refractivity contribution in [3.8, 4) is 0 Å². The third-order valence-corrected chi connectivity index (χ3v) is 7.62. The maximum atomic E-state index is 15.0. The number of halogens is 2. The van der Waals surface area contributed by atoms with Gasteiger partial charge in [0.05, 0.1) is 5.52 Å². The van der Waals surface area contributed by atoms with Crippen molar-refractivity contribution in [2.24, 2.45) is 17.6 Å². The van der Waals surface area contributed by atoms with Gasteiger partial charge in [-0.3, -0.25) is 19.5 Å². The van der Waals surface area contributed by atoms with Crippen molar-refractivity contribution in [3.63, 3.8) is 0 Å². The van der Waals surface area contributed by atoms with E-state index in [0.717, 1.165) is 16.1 Å². The van der Waals surface area contributed by atoms with Crippen LogP contribution in [0.15, 0.2) is 50.1 Å². The average Bonchev–Trinajstić information content (AvgIpc) is 3.28. The van der Waals surface area contributed by atoms with E-state index in [1.165, 1.54) is 11.0 Å². The summed E-state index contributed by atoms with van der Waals surface area (Å²) in [5.74, 6) is -3.11. The van der Waals surface area contributed by atoms with Crippen LogP contribution < -0.4 is 21.7 Å². The van der Waals surface area contributed by atoms with Crippen LogP contribution in [0.4, 0.5) is 14.9 Å². The standard InChI is InChI=1S/C29H34BrFN4O6/c1-29(2,3)41-27(38)33-15-17-4-8-18(9-5-17)26(37)35(20-13-21(31)24-22(14-20)34-28(39)40-24)23(25(32)36)12-16-6-10-19(30)11-7-16/h6-7,10-11,13-14,17-18,23H,4-5,8-9,12,15H2,1-3H3,(H2,32,36)(H,33,38)(H,34,39)/t17-,18-,23-/m0/s1. The second-order valence-electron chi connectivity index (χ2n) is 11.4. The van der Waals surface area contributed by atoms with Crippen molar-refractivity contribution in [1.29, 1.82) is 0 Å². The van der Waals surface area contributed by atoms with E-state index in [1.54, 1.807) is 20.8 Å². The highest BCUT2D eigenvalue weighted by atomic mass is 79.9. The number of carbonyl (C=O) groups is 3. The Hall–Kier alpha value is -3.67. The number of nitrogens with one attached hydrogen (secondary N) is 2. The monoisotopic (exact) mass is 632 g/mol. The van der Waals surface area contributed by atoms with E-state index < -0.39 is 41.1 Å². The molecule has 1 aliphatic carbocycles. The van der Waals surface area contributed by atoms with Crippen LogP contribution in [0.25, 0.3) is 11.1 Å². The fourth-order valence-electron chi connectivity index (χ4n) is 5.12. The number of carbonyl (C=O) groups excluding carboxylic acids is 3. The molecular weight excluding hydrogens is 599 g/mol. The number of H-pyrrole nitrogens is 1. The van der Waals surface area contributed by atoms with Gasteiger partial charge in [0.1, 0.15) is 11.6 Å². The molecule has 3 amide bonds. The van der Waals surface area contributed by atoms with E-state index in [9.17, 15) is 19.2 Å². The number of alkyl carbamates (subject to hydrolysis) is 1. The molecule has 2 aromatic carbocycles. The maximum absolute atomic E-state index is 15.0. The molecule has 1 atom stereocenters. The lowest BCUT2D eigenvalue weighted by atomic mass is 9.81. The fraction of sp³-hybridized carbons (Fsp3) is 0.448. The lowest BCUT2D eigenvalue weighted by Crippen LogP contribution is -2.52. The van der Waals surface area contributed by atoms with E-state index in [0.29, 0.717) is 32.2 Å². The van der Waals surface area contributed by atoms with Gasteiger partial charge in [-0.1, -0.05) is 28.1 Å². The normalized spacial score (nSPS) is 18.1. The fourth-order valence-corrected chi connectivity index (χ4v) is 5.38. The number of nitrogens with zero attached hydrogens (tertiary/aromatic N) is 1. The number of oxazole rings is 1. The SMILES string of the molecule is CC(C)(C)OC(=O)NC[C@H]1CC[C@H](C(=O)N(c2cc(F)c3oc(=O)[nH]c3c2)[C@@H](Cc2ccc(Br)cc2)C(N)=O)CC1. The Kier molecular flexibility index (Phi) is 9.21. The summed E-state index contributed by atoms with van der Waals surface area (Å²) < 4.78 is 26.0. The number of amides is 3. The lowest BCUT2D eigenvalue weighted by molar-refractivity contribution is -0.127. The number of nitrogens with two attached hydrogens (primary N) is 1. The van der Waals surface area contributed by atoms with E-state index in [4.69, 9.17) is 14.9 Å². The van der Waals surface area contributed by atoms with Gasteiger partial charge in [0.2, 0.25) is 11.8 Å². The number of aromatic amines is 1. The van der Waals surface area contributed by atoms with Crippen LogP contribution in [0.2, 0.25) is 0 Å². The highest BCUT2D eigenvalue weighted by molar-refractivity contribution is 9.10. The van der Waals surface area contributed by atoms with Gasteiger partial charge < -0.3 is 20.2 Å². The Labute approximate surface area is 244 Å². The largest absolute Gasteiger partial charge is 0.444 e. The summed E-state index contributed by atoms with van der Waals surface area (Å²) >= 11 is 3.39. The van der Waals surface area contributed by atoms with Crippen molar-refractivity contribution in [2.45, 2.75) is 64.5 Å². The first kappa shape index (κ1) is 30.3. The smallest absolute Gasteiger partial charge is 0.417 e. The summed E-state index contributed by atoms with van der Waals surface area (Å²) in [7, 11) is 0. The Morgan fingerprint density at radius 2 is 1.83 bits per heavy atom. The number of primary amides is 1. The second-order valence-corrected chi connectivity index (χ2v) is 12.3. The highest BCUT2D eigenvalue weighted by Gasteiger charge is 2.37. The van der Waals surface area contributed by atoms with Crippen LogP contribution in [0.3, 0.4) is 0 Å². The van der Waals surface area contributed by atoms with Gasteiger partial charge >= 0.3 is 11.8 Å². The van der Waals surface area contributed by atoms with Gasteiger partial charge in [0, 0.05) is 35.1 Å². The Balaban J connectivity index is 1.57. The number of anilines is 1. The number of ether oxygens (including phenoxy) is 1. The Morgan fingerprint density at radius 3 is 2.44 bits per heavy atom. The molecule has 10 nitrogen and oxygen atoms in total. The number of fused-ring (bicyclic) bond motifs is 1. The molecule has 3 aromatic rings. The molecule has 1 saturated carbocycles. The molecule has 0 aliphatic heterocycles. The summed E-state index contributed by atoms with van der Waals surface area (Å²) in [6.07, 6.45) is 1.95. The summed E-state index contributed by atoms with van der Waals surface area (Å²) in [6, 6.07) is 8.61. The Morgan fingerprint density at radius 1 is 1.17 bits per heavy atom. The minimum atomic E-state index is -1.12. The van der Waals surface area contributed by atoms with E-state index >= 15 is 4.39 Å². The molecular formula is C29H34BrFN4O6. The molecule has 1 fully saturated rings. The first-order valence-electron chi connectivity index (χ1n) is 13.5. The first-order valence-corrected chi connectivity index (χ1v) is 14.3. The number of benzene rings is 2. The maximum Gasteiger partial charge on any atom is 0.417 e. The van der Waals surface area contributed by atoms with Crippen LogP contribution in [0.5, 0.6) is 0 Å². The predicted molar refractivity (Wildman–Crippen MR) is 155 cm³/mol. The predicted octanol–water partition coefficient (Wildman–Crippen LogP) is 4.78. The quantitative estimate of drug-likeness (QED) is 0.325. The minimum absolute atomic E-state index is 0.0617. The van der Waals surface area contributed by atoms with Crippen LogP contribution in [-0.4, -0.2) is 41.1 Å². The average molecular weight is 634 g/mol. The van der Waals surface area contributed by atoms with Gasteiger partial charge in [-0.25, -0.2) is 14.0 Å². The van der Waals surface area contributed by atoms with Gasteiger partial charge in [-0.05, 0) is 76.1 Å². The molecule has 220 valence electrons. The van der Waals surface area contributed by atoms with Crippen molar-refractivity contribution in [2.75, 3.05) is 11.4 Å². The second kappa shape index (κ2) is 12.5.